The first kappa shape index (κ1) is 23.0. The maximum absolute atomic E-state index is 10.7. The number of hydrogen-bond donors (Lipinski definition) is 2. The normalized spacial score (nSPS) is 11.0. The molecule has 0 unspecified atom stereocenters. The van der Waals surface area contributed by atoms with Crippen molar-refractivity contribution in [3.05, 3.63) is 54.6 Å². The molecule has 2 N–H and O–H groups in total. The summed E-state index contributed by atoms with van der Waals surface area (Å²) in [7, 11) is 0. The van der Waals surface area contributed by atoms with Gasteiger partial charge in [-0.25, -0.2) is 0 Å². The molecule has 0 aromatic heterocycles. The van der Waals surface area contributed by atoms with Crippen LogP contribution in [0, 0.1) is 0 Å². The zero-order chi connectivity index (χ0) is 19.6. The molecule has 3 nitrogen and oxygen atoms in total. The van der Waals surface area contributed by atoms with Crippen LogP contribution in [0.4, 0.5) is 5.69 Å². The Morgan fingerprint density at radius 1 is 0.926 bits per heavy atom. The Morgan fingerprint density at radius 2 is 1.56 bits per heavy atom. The number of carboxylic acids is 1. The molecule has 0 amide bonds. The highest BCUT2D eigenvalue weighted by Crippen LogP contribution is 2.17. The highest BCUT2D eigenvalue weighted by atomic mass is 16.4. The van der Waals surface area contributed by atoms with Crippen LogP contribution in [0.2, 0.25) is 0 Å². The van der Waals surface area contributed by atoms with Gasteiger partial charge in [-0.3, -0.25) is 4.79 Å². The third-order valence-corrected chi connectivity index (χ3v) is 4.68. The Kier molecular flexibility index (Phi) is 13.8. The maximum Gasteiger partial charge on any atom is 0.303 e. The summed E-state index contributed by atoms with van der Waals surface area (Å²) in [6, 6.07) is 7.99. The Bertz CT molecular complexity index is 551. The molecule has 0 fully saturated rings. The van der Waals surface area contributed by atoms with E-state index in [9.17, 15) is 4.79 Å². The molecule has 0 bridgehead atoms. The predicted molar refractivity (Wildman–Crippen MR) is 116 cm³/mol. The number of aryl methyl sites for hydroxylation is 1. The van der Waals surface area contributed by atoms with Crippen molar-refractivity contribution in [1.29, 1.82) is 0 Å². The number of para-hydroxylation sites is 1. The first-order valence-corrected chi connectivity index (χ1v) is 10.5. The number of unbranched alkanes of at least 4 members (excludes halogenated alkanes) is 8. The van der Waals surface area contributed by atoms with Gasteiger partial charge in [0.05, 0.1) is 0 Å². The molecule has 150 valence electrons. The number of hydrogen-bond acceptors (Lipinski definition) is 2. The third kappa shape index (κ3) is 12.9. The van der Waals surface area contributed by atoms with E-state index in [-0.39, 0.29) is 6.42 Å². The number of rotatable bonds is 17. The van der Waals surface area contributed by atoms with Crippen molar-refractivity contribution in [3.63, 3.8) is 0 Å². The molecule has 27 heavy (non-hydrogen) atoms. The van der Waals surface area contributed by atoms with Gasteiger partial charge in [-0.1, -0.05) is 62.1 Å². The van der Waals surface area contributed by atoms with E-state index in [1.54, 1.807) is 0 Å². The maximum atomic E-state index is 10.7. The fraction of sp³-hybridized carbons (Fsp3) is 0.542. The van der Waals surface area contributed by atoms with E-state index in [1.807, 2.05) is 30.3 Å². The van der Waals surface area contributed by atoms with Crippen molar-refractivity contribution in [2.45, 2.75) is 77.0 Å². The van der Waals surface area contributed by atoms with Crippen molar-refractivity contribution in [3.8, 4) is 0 Å². The average molecular weight is 372 g/mol. The molecule has 0 aliphatic heterocycles. The molecule has 0 atom stereocenters. The first-order valence-electron chi connectivity index (χ1n) is 10.5. The van der Waals surface area contributed by atoms with E-state index in [1.165, 1.54) is 44.9 Å². The highest BCUT2D eigenvalue weighted by molar-refractivity contribution is 5.67. The number of aliphatic carboxylic acids is 1. The fourth-order valence-corrected chi connectivity index (χ4v) is 3.09. The molecular formula is C24H37NO2. The third-order valence-electron chi connectivity index (χ3n) is 4.68. The molecule has 0 heterocycles. The van der Waals surface area contributed by atoms with Crippen molar-refractivity contribution < 1.29 is 9.90 Å². The van der Waals surface area contributed by atoms with Crippen LogP contribution < -0.4 is 5.32 Å². The van der Waals surface area contributed by atoms with Crippen LogP contribution in [-0.4, -0.2) is 17.6 Å². The lowest BCUT2D eigenvalue weighted by Crippen LogP contribution is -2.05. The molecular weight excluding hydrogens is 334 g/mol. The van der Waals surface area contributed by atoms with Gasteiger partial charge in [-0.15, -0.1) is 6.58 Å². The van der Waals surface area contributed by atoms with Crippen LogP contribution in [0.1, 0.15) is 76.2 Å². The smallest absolute Gasteiger partial charge is 0.303 e. The van der Waals surface area contributed by atoms with Gasteiger partial charge in [0, 0.05) is 18.7 Å². The molecule has 0 aliphatic rings. The molecule has 0 radical (unpaired) electrons. The van der Waals surface area contributed by atoms with Gasteiger partial charge >= 0.3 is 5.97 Å². The molecule has 1 aromatic carbocycles. The Morgan fingerprint density at radius 3 is 2.26 bits per heavy atom. The number of benzene rings is 1. The van der Waals surface area contributed by atoms with Crippen molar-refractivity contribution in [2.24, 2.45) is 0 Å². The second kappa shape index (κ2) is 16.2. The monoisotopic (exact) mass is 371 g/mol. The number of anilines is 1. The van der Waals surface area contributed by atoms with E-state index in [2.05, 4.69) is 24.0 Å². The van der Waals surface area contributed by atoms with Crippen LogP contribution in [0.25, 0.3) is 0 Å². The van der Waals surface area contributed by atoms with E-state index >= 15 is 0 Å². The fourth-order valence-electron chi connectivity index (χ4n) is 3.09. The first-order chi connectivity index (χ1) is 13.2. The zero-order valence-corrected chi connectivity index (χ0v) is 16.8. The summed E-state index contributed by atoms with van der Waals surface area (Å²) in [4.78, 5) is 10.7. The molecule has 0 saturated carbocycles. The van der Waals surface area contributed by atoms with Crippen LogP contribution in [0.5, 0.6) is 0 Å². The number of nitrogens with one attached hydrogen (secondary N) is 1. The SMILES string of the molecule is C=CCCCCCCCCC=CCCCNc1ccccc1CCC(=O)O. The lowest BCUT2D eigenvalue weighted by molar-refractivity contribution is -0.136. The van der Waals surface area contributed by atoms with Crippen molar-refractivity contribution >= 4 is 11.7 Å². The summed E-state index contributed by atoms with van der Waals surface area (Å²) in [5, 5.41) is 12.3. The lowest BCUT2D eigenvalue weighted by Gasteiger charge is -2.10. The molecule has 0 aliphatic carbocycles. The van der Waals surface area contributed by atoms with Gasteiger partial charge in [0.15, 0.2) is 0 Å². The van der Waals surface area contributed by atoms with Gasteiger partial charge < -0.3 is 10.4 Å². The highest BCUT2D eigenvalue weighted by Gasteiger charge is 2.03. The summed E-state index contributed by atoms with van der Waals surface area (Å²) in [6.45, 7) is 4.67. The van der Waals surface area contributed by atoms with Crippen molar-refractivity contribution in [1.82, 2.24) is 0 Å². The van der Waals surface area contributed by atoms with E-state index < -0.39 is 5.97 Å². The average Bonchev–Trinajstić information content (AvgIpc) is 2.67. The van der Waals surface area contributed by atoms with E-state index in [4.69, 9.17) is 5.11 Å². The summed E-state index contributed by atoms with van der Waals surface area (Å²) >= 11 is 0. The number of carboxylic acid groups (broad SMARTS) is 1. The minimum Gasteiger partial charge on any atom is -0.481 e. The molecule has 1 aromatic rings. The summed E-state index contributed by atoms with van der Waals surface area (Å²) in [5.41, 5.74) is 2.15. The molecule has 3 heteroatoms. The quantitative estimate of drug-likeness (QED) is 0.235. The summed E-state index contributed by atoms with van der Waals surface area (Å²) in [5.74, 6) is -0.748. The topological polar surface area (TPSA) is 49.3 Å². The molecule has 0 saturated heterocycles. The second-order valence-electron chi connectivity index (χ2n) is 7.08. The number of allylic oxidation sites excluding steroid dienone is 3. The summed E-state index contributed by atoms with van der Waals surface area (Å²) < 4.78 is 0. The minimum atomic E-state index is -0.748. The van der Waals surface area contributed by atoms with Crippen LogP contribution in [0.3, 0.4) is 0 Å². The van der Waals surface area contributed by atoms with Gasteiger partial charge in [0.1, 0.15) is 0 Å². The minimum absolute atomic E-state index is 0.177. The van der Waals surface area contributed by atoms with Crippen LogP contribution >= 0.6 is 0 Å². The summed E-state index contributed by atoms with van der Waals surface area (Å²) in [6.07, 6.45) is 19.9. The van der Waals surface area contributed by atoms with Gasteiger partial charge in [-0.2, -0.15) is 0 Å². The Labute approximate surface area is 165 Å². The Hall–Kier alpha value is -2.03. The standard InChI is InChI=1S/C24H37NO2/c1-2-3-4-5-6-7-8-9-10-11-12-13-16-21-25-23-18-15-14-17-22(23)19-20-24(26)27/h2,11-12,14-15,17-18,25H,1,3-10,13,16,19-21H2,(H,26,27). The largest absolute Gasteiger partial charge is 0.481 e. The van der Waals surface area contributed by atoms with E-state index in [0.717, 1.165) is 37.1 Å². The van der Waals surface area contributed by atoms with Gasteiger partial charge in [0.25, 0.3) is 0 Å². The van der Waals surface area contributed by atoms with E-state index in [0.29, 0.717) is 6.42 Å². The number of carbonyl (C=O) groups is 1. The second-order valence-corrected chi connectivity index (χ2v) is 7.08. The molecule has 0 spiro atoms. The lowest BCUT2D eigenvalue weighted by atomic mass is 10.1. The molecule has 1 rings (SSSR count). The van der Waals surface area contributed by atoms with Crippen LogP contribution in [0.15, 0.2) is 49.1 Å². The van der Waals surface area contributed by atoms with Gasteiger partial charge in [-0.05, 0) is 56.6 Å². The van der Waals surface area contributed by atoms with Crippen LogP contribution in [-0.2, 0) is 11.2 Å². The Balaban J connectivity index is 2.03. The van der Waals surface area contributed by atoms with Gasteiger partial charge in [0.2, 0.25) is 0 Å². The van der Waals surface area contributed by atoms with Crippen molar-refractivity contribution in [2.75, 3.05) is 11.9 Å². The predicted octanol–water partition coefficient (Wildman–Crippen LogP) is 6.76. The zero-order valence-electron chi connectivity index (χ0n) is 16.8.